The van der Waals surface area contributed by atoms with Crippen molar-refractivity contribution in [3.05, 3.63) is 18.2 Å². The molecule has 0 saturated heterocycles. The van der Waals surface area contributed by atoms with E-state index in [2.05, 4.69) is 9.97 Å². The Labute approximate surface area is 84.3 Å². The molecule has 0 fully saturated rings. The molecule has 0 atom stereocenters. The summed E-state index contributed by atoms with van der Waals surface area (Å²) in [7, 11) is -3.19. The van der Waals surface area contributed by atoms with Crippen molar-refractivity contribution < 1.29 is 8.42 Å². The van der Waals surface area contributed by atoms with Gasteiger partial charge in [-0.1, -0.05) is 20.8 Å². The highest BCUT2D eigenvalue weighted by Gasteiger charge is 2.18. The molecule has 0 unspecified atom stereocenters. The summed E-state index contributed by atoms with van der Waals surface area (Å²) in [5, 5.41) is 0. The first-order valence-electron chi connectivity index (χ1n) is 4.24. The van der Waals surface area contributed by atoms with Crippen LogP contribution in [0.15, 0.2) is 17.3 Å². The number of aromatic nitrogens is 2. The van der Waals surface area contributed by atoms with Crippen molar-refractivity contribution in [3.63, 3.8) is 0 Å². The van der Waals surface area contributed by atoms with Crippen molar-refractivity contribution in [1.82, 2.24) is 9.97 Å². The molecule has 14 heavy (non-hydrogen) atoms. The Morgan fingerprint density at radius 1 is 1.14 bits per heavy atom. The Bertz CT molecular complexity index is 415. The Morgan fingerprint density at radius 3 is 1.86 bits per heavy atom. The molecule has 4 nitrogen and oxygen atoms in total. The fraction of sp³-hybridized carbons (Fsp3) is 0.556. The van der Waals surface area contributed by atoms with Gasteiger partial charge in [0, 0.05) is 24.1 Å². The maximum absolute atomic E-state index is 11.1. The van der Waals surface area contributed by atoms with Crippen LogP contribution >= 0.6 is 0 Å². The van der Waals surface area contributed by atoms with E-state index in [0.29, 0.717) is 5.82 Å². The normalized spacial score (nSPS) is 12.9. The second-order valence-corrected chi connectivity index (χ2v) is 6.28. The third kappa shape index (κ3) is 2.51. The predicted octanol–water partition coefficient (Wildman–Crippen LogP) is 1.18. The van der Waals surface area contributed by atoms with Crippen molar-refractivity contribution in [2.75, 3.05) is 6.26 Å². The van der Waals surface area contributed by atoms with E-state index >= 15 is 0 Å². The lowest BCUT2D eigenvalue weighted by Gasteiger charge is -2.15. The van der Waals surface area contributed by atoms with Gasteiger partial charge in [0.2, 0.25) is 0 Å². The number of sulfone groups is 1. The molecule has 0 aliphatic rings. The van der Waals surface area contributed by atoms with Gasteiger partial charge in [-0.25, -0.2) is 18.4 Å². The molecule has 5 heteroatoms. The second kappa shape index (κ2) is 3.31. The van der Waals surface area contributed by atoms with E-state index in [9.17, 15) is 8.42 Å². The average Bonchev–Trinajstić information content (AvgIpc) is 2.01. The number of hydrogen-bond acceptors (Lipinski definition) is 4. The van der Waals surface area contributed by atoms with Gasteiger partial charge in [-0.2, -0.15) is 0 Å². The lowest BCUT2D eigenvalue weighted by molar-refractivity contribution is 0.541. The topological polar surface area (TPSA) is 59.9 Å². The standard InChI is InChI=1S/C9H14N2O2S/c1-9(2,3)8-10-5-7(6-11-8)14(4,12)13/h5-6H,1-4H3. The van der Waals surface area contributed by atoms with E-state index < -0.39 is 9.84 Å². The molecule has 0 radical (unpaired) electrons. The van der Waals surface area contributed by atoms with Crippen LogP contribution in [-0.4, -0.2) is 24.6 Å². The molecule has 0 aliphatic heterocycles. The highest BCUT2D eigenvalue weighted by Crippen LogP contribution is 2.17. The van der Waals surface area contributed by atoms with Gasteiger partial charge in [-0.05, 0) is 0 Å². The van der Waals surface area contributed by atoms with Crippen molar-refractivity contribution in [2.45, 2.75) is 31.1 Å². The molecule has 1 aromatic rings. The third-order valence-corrected chi connectivity index (χ3v) is 2.79. The first kappa shape index (κ1) is 11.1. The molecule has 0 aromatic carbocycles. The summed E-state index contributed by atoms with van der Waals surface area (Å²) in [5.74, 6) is 0.643. The highest BCUT2D eigenvalue weighted by molar-refractivity contribution is 7.90. The van der Waals surface area contributed by atoms with Crippen LogP contribution in [0.2, 0.25) is 0 Å². The van der Waals surface area contributed by atoms with E-state index in [0.717, 1.165) is 6.26 Å². The van der Waals surface area contributed by atoms with Crippen molar-refractivity contribution in [1.29, 1.82) is 0 Å². The van der Waals surface area contributed by atoms with Crippen LogP contribution in [0.3, 0.4) is 0 Å². The molecular formula is C9H14N2O2S. The summed E-state index contributed by atoms with van der Waals surface area (Å²) in [6.07, 6.45) is 3.84. The van der Waals surface area contributed by atoms with Crippen LogP contribution in [0.25, 0.3) is 0 Å². The predicted molar refractivity (Wildman–Crippen MR) is 53.8 cm³/mol. The molecule has 0 bridgehead atoms. The summed E-state index contributed by atoms with van der Waals surface area (Å²) in [6, 6.07) is 0. The summed E-state index contributed by atoms with van der Waals surface area (Å²) in [4.78, 5) is 8.21. The quantitative estimate of drug-likeness (QED) is 0.704. The largest absolute Gasteiger partial charge is 0.239 e. The highest BCUT2D eigenvalue weighted by atomic mass is 32.2. The molecule has 0 N–H and O–H groups in total. The summed E-state index contributed by atoms with van der Waals surface area (Å²) >= 11 is 0. The van der Waals surface area contributed by atoms with Gasteiger partial charge < -0.3 is 0 Å². The molecule has 78 valence electrons. The van der Waals surface area contributed by atoms with Crippen LogP contribution in [0.4, 0.5) is 0 Å². The van der Waals surface area contributed by atoms with Gasteiger partial charge in [0.25, 0.3) is 0 Å². The van der Waals surface area contributed by atoms with Crippen LogP contribution in [-0.2, 0) is 15.3 Å². The fourth-order valence-electron chi connectivity index (χ4n) is 0.895. The first-order chi connectivity index (χ1) is 6.21. The molecule has 0 aliphatic carbocycles. The zero-order valence-electron chi connectivity index (χ0n) is 8.77. The molecule has 0 spiro atoms. The van der Waals surface area contributed by atoms with Crippen LogP contribution < -0.4 is 0 Å². The Kier molecular flexibility index (Phi) is 2.63. The van der Waals surface area contributed by atoms with Gasteiger partial charge in [-0.15, -0.1) is 0 Å². The van der Waals surface area contributed by atoms with Gasteiger partial charge in [0.05, 0.1) is 0 Å². The van der Waals surface area contributed by atoms with Crippen LogP contribution in [0.5, 0.6) is 0 Å². The maximum atomic E-state index is 11.1. The molecule has 0 saturated carbocycles. The van der Waals surface area contributed by atoms with Crippen molar-refractivity contribution in [3.8, 4) is 0 Å². The van der Waals surface area contributed by atoms with Gasteiger partial charge in [0.1, 0.15) is 10.7 Å². The first-order valence-corrected chi connectivity index (χ1v) is 6.13. The molecule has 1 rings (SSSR count). The molecule has 1 aromatic heterocycles. The van der Waals surface area contributed by atoms with E-state index in [1.807, 2.05) is 20.8 Å². The van der Waals surface area contributed by atoms with E-state index in [-0.39, 0.29) is 10.3 Å². The fourth-order valence-corrected chi connectivity index (χ4v) is 1.38. The van der Waals surface area contributed by atoms with E-state index in [4.69, 9.17) is 0 Å². The maximum Gasteiger partial charge on any atom is 0.178 e. The molecule has 0 amide bonds. The van der Waals surface area contributed by atoms with Gasteiger partial charge in [-0.3, -0.25) is 0 Å². The van der Waals surface area contributed by atoms with Crippen molar-refractivity contribution in [2.24, 2.45) is 0 Å². The van der Waals surface area contributed by atoms with Crippen molar-refractivity contribution >= 4 is 9.84 Å². The smallest absolute Gasteiger partial charge is 0.178 e. The SMILES string of the molecule is CC(C)(C)c1ncc(S(C)(=O)=O)cn1. The zero-order valence-corrected chi connectivity index (χ0v) is 9.59. The van der Waals surface area contributed by atoms with Crippen LogP contribution in [0.1, 0.15) is 26.6 Å². The minimum absolute atomic E-state index is 0.157. The van der Waals surface area contributed by atoms with E-state index in [1.165, 1.54) is 12.4 Å². The summed E-state index contributed by atoms with van der Waals surface area (Å²) in [5.41, 5.74) is -0.157. The van der Waals surface area contributed by atoms with Gasteiger partial charge in [0.15, 0.2) is 9.84 Å². The van der Waals surface area contributed by atoms with E-state index in [1.54, 1.807) is 0 Å². The minimum atomic E-state index is -3.19. The average molecular weight is 214 g/mol. The summed E-state index contributed by atoms with van der Waals surface area (Å²) in [6.45, 7) is 5.92. The zero-order chi connectivity index (χ0) is 11.0. The number of nitrogens with zero attached hydrogens (tertiary/aromatic N) is 2. The Balaban J connectivity index is 3.14. The van der Waals surface area contributed by atoms with Gasteiger partial charge >= 0.3 is 0 Å². The number of hydrogen-bond donors (Lipinski definition) is 0. The number of rotatable bonds is 1. The summed E-state index contributed by atoms with van der Waals surface area (Å²) < 4.78 is 22.2. The third-order valence-electron chi connectivity index (χ3n) is 1.73. The monoisotopic (exact) mass is 214 g/mol. The Morgan fingerprint density at radius 2 is 1.57 bits per heavy atom. The lowest BCUT2D eigenvalue weighted by atomic mass is 9.96. The Hall–Kier alpha value is -0.970. The minimum Gasteiger partial charge on any atom is -0.239 e. The molecule has 1 heterocycles. The molecular weight excluding hydrogens is 200 g/mol. The lowest BCUT2D eigenvalue weighted by Crippen LogP contribution is -2.16. The van der Waals surface area contributed by atoms with Crippen LogP contribution in [0, 0.1) is 0 Å². The second-order valence-electron chi connectivity index (χ2n) is 4.26.